The van der Waals surface area contributed by atoms with Gasteiger partial charge in [-0.05, 0) is 73.6 Å². The highest BCUT2D eigenvalue weighted by atomic mass is 16.2. The Balaban J connectivity index is 1.43. The molecular weight excluding hydrogens is 486 g/mol. The van der Waals surface area contributed by atoms with E-state index in [1.807, 2.05) is 58.5 Å². The van der Waals surface area contributed by atoms with Crippen molar-refractivity contribution in [3.63, 3.8) is 0 Å². The Labute approximate surface area is 231 Å². The summed E-state index contributed by atoms with van der Waals surface area (Å²) in [6.45, 7) is 4.27. The Morgan fingerprint density at radius 2 is 1.72 bits per heavy atom. The molecule has 2 aliphatic rings. The predicted octanol–water partition coefficient (Wildman–Crippen LogP) is 5.01. The number of rotatable bonds is 6. The van der Waals surface area contributed by atoms with Crippen molar-refractivity contribution in [2.24, 2.45) is 0 Å². The van der Waals surface area contributed by atoms with Gasteiger partial charge in [0.05, 0.1) is 5.69 Å². The fourth-order valence-corrected chi connectivity index (χ4v) is 6.16. The zero-order valence-electron chi connectivity index (χ0n) is 22.9. The molecule has 0 saturated carbocycles. The highest BCUT2D eigenvalue weighted by Gasteiger charge is 2.34. The van der Waals surface area contributed by atoms with Crippen LogP contribution in [0.4, 0.5) is 5.69 Å². The van der Waals surface area contributed by atoms with Gasteiger partial charge in [0.1, 0.15) is 0 Å². The maximum Gasteiger partial charge on any atom is 0.223 e. The second-order valence-electron chi connectivity index (χ2n) is 10.8. The average Bonchev–Trinajstić information content (AvgIpc) is 2.96. The molecule has 4 heterocycles. The second-order valence-corrected chi connectivity index (χ2v) is 10.8. The Morgan fingerprint density at radius 3 is 2.51 bits per heavy atom. The van der Waals surface area contributed by atoms with Crippen LogP contribution >= 0.6 is 0 Å². The number of hydrogen-bond donors (Lipinski definition) is 0. The quantitative estimate of drug-likeness (QED) is 0.453. The number of benzene rings is 1. The number of hydrogen-bond acceptors (Lipinski definition) is 5. The molecule has 0 spiro atoms. The lowest BCUT2D eigenvalue weighted by atomic mass is 9.92. The minimum absolute atomic E-state index is 0.0422. The smallest absolute Gasteiger partial charge is 0.223 e. The van der Waals surface area contributed by atoms with Crippen LogP contribution in [0.3, 0.4) is 0 Å². The topological polar surface area (TPSA) is 69.6 Å². The molecule has 2 unspecified atom stereocenters. The molecule has 2 atom stereocenters. The van der Waals surface area contributed by atoms with E-state index in [2.05, 4.69) is 27.0 Å². The maximum atomic E-state index is 13.8. The van der Waals surface area contributed by atoms with Crippen LogP contribution in [0.2, 0.25) is 0 Å². The fourth-order valence-electron chi connectivity index (χ4n) is 6.16. The number of piperidine rings is 1. The molecule has 39 heavy (non-hydrogen) atoms. The van der Waals surface area contributed by atoms with Gasteiger partial charge in [0, 0.05) is 75.9 Å². The standard InChI is InChI=1S/C32H39N5O2/c1-25(38)36-21-17-29-11-7-12-30(37(29)23-28-10-4-5-18-34-28)24-35(22-27-9-2-3-13-31(27)36)32(39)14-6-8-26-15-19-33-20-16-26/h2-5,9-10,13,15-16,18-20,29-30H,6-8,11-12,14,17,21-24H2,1H3. The van der Waals surface area contributed by atoms with Crippen molar-refractivity contribution in [2.75, 3.05) is 18.0 Å². The molecule has 2 bridgehead atoms. The van der Waals surface area contributed by atoms with Crippen LogP contribution in [0.25, 0.3) is 0 Å². The summed E-state index contributed by atoms with van der Waals surface area (Å²) in [5.41, 5.74) is 4.20. The largest absolute Gasteiger partial charge is 0.337 e. The molecule has 0 N–H and O–H groups in total. The minimum Gasteiger partial charge on any atom is -0.337 e. The monoisotopic (exact) mass is 525 g/mol. The molecule has 2 amide bonds. The molecule has 1 saturated heterocycles. The summed E-state index contributed by atoms with van der Waals surface area (Å²) in [6, 6.07) is 18.8. The zero-order chi connectivity index (χ0) is 27.0. The fraction of sp³-hybridized carbons (Fsp3) is 0.438. The maximum absolute atomic E-state index is 13.8. The van der Waals surface area contributed by atoms with Gasteiger partial charge < -0.3 is 9.80 Å². The summed E-state index contributed by atoms with van der Waals surface area (Å²) in [5.74, 6) is 0.216. The molecule has 3 aromatic rings. The number of pyridine rings is 2. The SMILES string of the molecule is CC(=O)N1CCC2CCCC(CN(C(=O)CCCc3ccncc3)Cc3ccccc31)N2Cc1ccccn1. The zero-order valence-corrected chi connectivity index (χ0v) is 22.9. The molecule has 2 aliphatic heterocycles. The first-order valence-electron chi connectivity index (χ1n) is 14.3. The molecule has 0 aliphatic carbocycles. The molecule has 1 fully saturated rings. The van der Waals surface area contributed by atoms with Crippen LogP contribution in [-0.4, -0.2) is 56.8 Å². The molecule has 5 rings (SSSR count). The summed E-state index contributed by atoms with van der Waals surface area (Å²) >= 11 is 0. The lowest BCUT2D eigenvalue weighted by Crippen LogP contribution is -2.52. The van der Waals surface area contributed by atoms with Gasteiger partial charge in [0.25, 0.3) is 0 Å². The van der Waals surface area contributed by atoms with Crippen LogP contribution in [0.1, 0.15) is 62.3 Å². The number of nitrogens with zero attached hydrogens (tertiary/aromatic N) is 5. The van der Waals surface area contributed by atoms with E-state index in [9.17, 15) is 9.59 Å². The van der Waals surface area contributed by atoms with E-state index in [0.29, 0.717) is 32.1 Å². The number of aromatic nitrogens is 2. The van der Waals surface area contributed by atoms with Crippen LogP contribution in [0.5, 0.6) is 0 Å². The van der Waals surface area contributed by atoms with E-state index < -0.39 is 0 Å². The Morgan fingerprint density at radius 1 is 0.923 bits per heavy atom. The molecule has 1 aromatic carbocycles. The van der Waals surface area contributed by atoms with Gasteiger partial charge in [-0.3, -0.25) is 24.5 Å². The number of amides is 2. The third-order valence-electron chi connectivity index (χ3n) is 8.18. The summed E-state index contributed by atoms with van der Waals surface area (Å²) < 4.78 is 0. The number of carbonyl (C=O) groups is 2. The van der Waals surface area contributed by atoms with Gasteiger partial charge in [-0.2, -0.15) is 0 Å². The molecule has 0 radical (unpaired) electrons. The lowest BCUT2D eigenvalue weighted by molar-refractivity contribution is -0.133. The van der Waals surface area contributed by atoms with Crippen molar-refractivity contribution in [3.8, 4) is 0 Å². The number of carbonyl (C=O) groups excluding carboxylic acids is 2. The summed E-state index contributed by atoms with van der Waals surface area (Å²) in [6.07, 6.45) is 11.8. The van der Waals surface area contributed by atoms with E-state index >= 15 is 0 Å². The van der Waals surface area contributed by atoms with Gasteiger partial charge in [-0.1, -0.05) is 30.7 Å². The van der Waals surface area contributed by atoms with Crippen molar-refractivity contribution < 1.29 is 9.59 Å². The van der Waals surface area contributed by atoms with Crippen molar-refractivity contribution in [1.29, 1.82) is 0 Å². The highest BCUT2D eigenvalue weighted by Crippen LogP contribution is 2.31. The van der Waals surface area contributed by atoms with Crippen LogP contribution < -0.4 is 4.90 Å². The van der Waals surface area contributed by atoms with E-state index in [0.717, 1.165) is 62.0 Å². The molecule has 7 heteroatoms. The number of para-hydroxylation sites is 1. The number of anilines is 1. The van der Waals surface area contributed by atoms with E-state index in [-0.39, 0.29) is 17.9 Å². The van der Waals surface area contributed by atoms with Crippen LogP contribution in [-0.2, 0) is 29.1 Å². The van der Waals surface area contributed by atoms with Crippen molar-refractivity contribution in [3.05, 3.63) is 90.0 Å². The predicted molar refractivity (Wildman–Crippen MR) is 153 cm³/mol. The van der Waals surface area contributed by atoms with Crippen LogP contribution in [0, 0.1) is 0 Å². The number of fused-ring (bicyclic) bond motifs is 3. The van der Waals surface area contributed by atoms with Crippen LogP contribution in [0.15, 0.2) is 73.2 Å². The highest BCUT2D eigenvalue weighted by molar-refractivity contribution is 5.92. The summed E-state index contributed by atoms with van der Waals surface area (Å²) in [4.78, 5) is 41.9. The van der Waals surface area contributed by atoms with Gasteiger partial charge in [0.15, 0.2) is 0 Å². The van der Waals surface area contributed by atoms with Gasteiger partial charge >= 0.3 is 0 Å². The Hall–Kier alpha value is -3.58. The number of aryl methyl sites for hydroxylation is 1. The normalized spacial score (nSPS) is 20.1. The molecule has 204 valence electrons. The minimum atomic E-state index is 0.0422. The molecule has 2 aromatic heterocycles. The van der Waals surface area contributed by atoms with E-state index in [1.165, 1.54) is 5.56 Å². The first-order chi connectivity index (χ1) is 19.1. The third kappa shape index (κ3) is 6.90. The van der Waals surface area contributed by atoms with Gasteiger partial charge in [-0.15, -0.1) is 0 Å². The van der Waals surface area contributed by atoms with Gasteiger partial charge in [-0.25, -0.2) is 0 Å². The average molecular weight is 526 g/mol. The molecular formula is C32H39N5O2. The summed E-state index contributed by atoms with van der Waals surface area (Å²) in [7, 11) is 0. The Kier molecular flexibility index (Phi) is 8.99. The first kappa shape index (κ1) is 27.0. The second kappa shape index (κ2) is 13.0. The van der Waals surface area contributed by atoms with E-state index in [4.69, 9.17) is 0 Å². The van der Waals surface area contributed by atoms with Crippen molar-refractivity contribution in [2.45, 2.75) is 77.0 Å². The van der Waals surface area contributed by atoms with Gasteiger partial charge in [0.2, 0.25) is 11.8 Å². The van der Waals surface area contributed by atoms with Crippen molar-refractivity contribution >= 4 is 17.5 Å². The Bertz CT molecular complexity index is 1240. The third-order valence-corrected chi connectivity index (χ3v) is 8.18. The summed E-state index contributed by atoms with van der Waals surface area (Å²) in [5, 5.41) is 0. The lowest BCUT2D eigenvalue weighted by Gasteiger charge is -2.44. The first-order valence-corrected chi connectivity index (χ1v) is 14.3. The molecule has 7 nitrogen and oxygen atoms in total. The van der Waals surface area contributed by atoms with Crippen molar-refractivity contribution in [1.82, 2.24) is 19.8 Å². The van der Waals surface area contributed by atoms with E-state index in [1.54, 1.807) is 19.3 Å².